The number of rotatable bonds is 9. The van der Waals surface area contributed by atoms with Crippen molar-refractivity contribution < 1.29 is 18.3 Å². The highest BCUT2D eigenvalue weighted by Crippen LogP contribution is 2.49. The Morgan fingerprint density at radius 1 is 1.06 bits per heavy atom. The lowest BCUT2D eigenvalue weighted by Crippen LogP contribution is -2.42. The minimum absolute atomic E-state index is 0.129. The lowest BCUT2D eigenvalue weighted by molar-refractivity contribution is -0.130. The molecule has 3 atom stereocenters. The molecule has 0 aliphatic carbocycles. The lowest BCUT2D eigenvalue weighted by Gasteiger charge is -2.38. The molecule has 1 N–H and O–H groups in total. The largest absolute Gasteiger partial charge is 0.392 e. The number of carbonyl (C=O) groups is 1. The first-order chi connectivity index (χ1) is 17.1. The van der Waals surface area contributed by atoms with Crippen molar-refractivity contribution in [1.29, 1.82) is 0 Å². The Balaban J connectivity index is 1.59. The first kappa shape index (κ1) is 27.6. The Morgan fingerprint density at radius 3 is 2.31 bits per heavy atom. The van der Waals surface area contributed by atoms with Crippen LogP contribution in [0.15, 0.2) is 59.5 Å². The maximum Gasteiger partial charge on any atom is 0.266 e. The summed E-state index contributed by atoms with van der Waals surface area (Å²) in [4.78, 5) is 13.8. The molecule has 2 aliphatic rings. The number of aryl methyl sites for hydroxylation is 1. The summed E-state index contributed by atoms with van der Waals surface area (Å²) < 4.78 is 28.1. The molecule has 0 aromatic heterocycles. The quantitative estimate of drug-likeness (QED) is 0.446. The summed E-state index contributed by atoms with van der Waals surface area (Å²) in [6.45, 7) is 5.97. The number of aliphatic hydroxyl groups is 1. The topological polar surface area (TPSA) is 74.7 Å². The average molecular weight is 548 g/mol. The van der Waals surface area contributed by atoms with E-state index < -0.39 is 34.0 Å². The van der Waals surface area contributed by atoms with Crippen molar-refractivity contribution in [3.05, 3.63) is 65.7 Å². The monoisotopic (exact) mass is 547 g/mol. The van der Waals surface area contributed by atoms with Gasteiger partial charge in [0.2, 0.25) is 5.91 Å². The smallest absolute Gasteiger partial charge is 0.266 e. The van der Waals surface area contributed by atoms with Crippen LogP contribution in [0.25, 0.3) is 0 Å². The molecule has 8 heteroatoms. The standard InChI is InChI=1S/C28H37NO4S3/c1-20(2)16-23-17-25(27(31)29(23)36(32,33)24-12-10-21(3)11-13-24)26(30)19-28(34-14-7-15-35-28)18-22-8-5-4-6-9-22/h4-6,8-13,20,23,25-26,30H,7,14-19H2,1-3H3/t23-,25+,26-/m0/s1. The van der Waals surface area contributed by atoms with Crippen LogP contribution in [0.3, 0.4) is 0 Å². The molecule has 0 unspecified atom stereocenters. The first-order valence-electron chi connectivity index (χ1n) is 12.8. The van der Waals surface area contributed by atoms with Crippen molar-refractivity contribution in [2.75, 3.05) is 11.5 Å². The molecule has 0 saturated carbocycles. The molecular weight excluding hydrogens is 511 g/mol. The van der Waals surface area contributed by atoms with Crippen molar-refractivity contribution in [2.24, 2.45) is 11.8 Å². The van der Waals surface area contributed by atoms with E-state index in [2.05, 4.69) is 12.1 Å². The van der Waals surface area contributed by atoms with Gasteiger partial charge in [-0.3, -0.25) is 4.79 Å². The van der Waals surface area contributed by atoms with Gasteiger partial charge < -0.3 is 5.11 Å². The van der Waals surface area contributed by atoms with Crippen LogP contribution in [0.5, 0.6) is 0 Å². The summed E-state index contributed by atoms with van der Waals surface area (Å²) >= 11 is 3.74. The van der Waals surface area contributed by atoms with Crippen LogP contribution in [0.4, 0.5) is 0 Å². The van der Waals surface area contributed by atoms with E-state index >= 15 is 0 Å². The summed E-state index contributed by atoms with van der Waals surface area (Å²) in [5.41, 5.74) is 2.17. The number of hydrogen-bond donors (Lipinski definition) is 1. The van der Waals surface area contributed by atoms with E-state index in [1.165, 1.54) is 5.56 Å². The van der Waals surface area contributed by atoms with Crippen LogP contribution in [0, 0.1) is 18.8 Å². The highest BCUT2D eigenvalue weighted by molar-refractivity contribution is 8.18. The third-order valence-electron chi connectivity index (χ3n) is 7.03. The molecule has 196 valence electrons. The first-order valence-corrected chi connectivity index (χ1v) is 16.2. The molecule has 0 spiro atoms. The highest BCUT2D eigenvalue weighted by atomic mass is 32.2. The predicted octanol–water partition coefficient (Wildman–Crippen LogP) is 5.51. The Labute approximate surface area is 224 Å². The number of nitrogens with zero attached hydrogens (tertiary/aromatic N) is 1. The van der Waals surface area contributed by atoms with Gasteiger partial charge in [-0.05, 0) is 74.1 Å². The van der Waals surface area contributed by atoms with Crippen molar-refractivity contribution in [3.63, 3.8) is 0 Å². The zero-order valence-electron chi connectivity index (χ0n) is 21.3. The minimum Gasteiger partial charge on any atom is -0.392 e. The number of benzene rings is 2. The molecule has 2 aliphatic heterocycles. The van der Waals surface area contributed by atoms with E-state index in [4.69, 9.17) is 0 Å². The molecule has 2 fully saturated rings. The predicted molar refractivity (Wildman–Crippen MR) is 150 cm³/mol. The van der Waals surface area contributed by atoms with Crippen molar-refractivity contribution in [2.45, 2.75) is 74.0 Å². The molecule has 2 saturated heterocycles. The van der Waals surface area contributed by atoms with Crippen LogP contribution in [-0.2, 0) is 21.2 Å². The van der Waals surface area contributed by atoms with E-state index in [-0.39, 0.29) is 14.9 Å². The van der Waals surface area contributed by atoms with Crippen LogP contribution in [-0.4, -0.2) is 51.5 Å². The Bertz CT molecular complexity index is 1130. The Morgan fingerprint density at radius 2 is 1.69 bits per heavy atom. The van der Waals surface area contributed by atoms with Gasteiger partial charge in [-0.15, -0.1) is 23.5 Å². The zero-order chi connectivity index (χ0) is 25.9. The Kier molecular flexibility index (Phi) is 8.80. The molecule has 0 radical (unpaired) electrons. The van der Waals surface area contributed by atoms with Gasteiger partial charge in [0.05, 0.1) is 21.0 Å². The van der Waals surface area contributed by atoms with Gasteiger partial charge in [0, 0.05) is 6.04 Å². The molecule has 2 aromatic carbocycles. The van der Waals surface area contributed by atoms with Crippen molar-refractivity contribution in [1.82, 2.24) is 4.31 Å². The molecule has 2 heterocycles. The minimum atomic E-state index is -4.00. The van der Waals surface area contributed by atoms with Crippen molar-refractivity contribution >= 4 is 39.5 Å². The lowest BCUT2D eigenvalue weighted by atomic mass is 9.91. The summed E-state index contributed by atoms with van der Waals surface area (Å²) in [5, 5.41) is 11.5. The third-order valence-corrected chi connectivity index (χ3v) is 12.3. The number of hydrogen-bond acceptors (Lipinski definition) is 6. The summed E-state index contributed by atoms with van der Waals surface area (Å²) in [6.07, 6.45) is 2.44. The van der Waals surface area contributed by atoms with E-state index in [0.29, 0.717) is 19.3 Å². The van der Waals surface area contributed by atoms with E-state index in [9.17, 15) is 18.3 Å². The van der Waals surface area contributed by atoms with Gasteiger partial charge in [-0.25, -0.2) is 12.7 Å². The van der Waals surface area contributed by atoms with Gasteiger partial charge in [-0.2, -0.15) is 0 Å². The molecule has 36 heavy (non-hydrogen) atoms. The normalized spacial score (nSPS) is 23.2. The molecule has 2 aromatic rings. The fourth-order valence-corrected chi connectivity index (χ4v) is 10.4. The number of amides is 1. The van der Waals surface area contributed by atoms with Crippen LogP contribution in [0.1, 0.15) is 50.7 Å². The maximum absolute atomic E-state index is 13.7. The molecule has 0 bridgehead atoms. The van der Waals surface area contributed by atoms with Crippen molar-refractivity contribution in [3.8, 4) is 0 Å². The fraction of sp³-hybridized carbons (Fsp3) is 0.536. The summed E-state index contributed by atoms with van der Waals surface area (Å²) in [5.74, 6) is 1.09. The second-order valence-corrected chi connectivity index (χ2v) is 15.5. The van der Waals surface area contributed by atoms with Crippen LogP contribution < -0.4 is 0 Å². The highest BCUT2D eigenvalue weighted by Gasteiger charge is 2.50. The van der Waals surface area contributed by atoms with Gasteiger partial charge >= 0.3 is 0 Å². The zero-order valence-corrected chi connectivity index (χ0v) is 23.7. The second kappa shape index (κ2) is 11.5. The SMILES string of the molecule is Cc1ccc(S(=O)(=O)N2C(=O)[C@@H]([C@@H](O)CC3(Cc4ccccc4)SCCCS3)C[C@@H]2CC(C)C)cc1. The molecule has 4 rings (SSSR count). The summed E-state index contributed by atoms with van der Waals surface area (Å²) in [7, 11) is -4.00. The second-order valence-electron chi connectivity index (χ2n) is 10.5. The summed E-state index contributed by atoms with van der Waals surface area (Å²) in [6, 6.07) is 16.5. The van der Waals surface area contributed by atoms with Gasteiger partial charge in [-0.1, -0.05) is 61.9 Å². The molecule has 5 nitrogen and oxygen atoms in total. The van der Waals surface area contributed by atoms with Gasteiger partial charge in [0.15, 0.2) is 0 Å². The number of sulfonamides is 1. The van der Waals surface area contributed by atoms with E-state index in [1.807, 2.05) is 62.5 Å². The number of aliphatic hydroxyl groups excluding tert-OH is 1. The van der Waals surface area contributed by atoms with E-state index in [0.717, 1.165) is 34.2 Å². The van der Waals surface area contributed by atoms with Crippen LogP contribution >= 0.6 is 23.5 Å². The molecule has 1 amide bonds. The number of thioether (sulfide) groups is 2. The van der Waals surface area contributed by atoms with Gasteiger partial charge in [0.1, 0.15) is 0 Å². The number of carbonyl (C=O) groups excluding carboxylic acids is 1. The van der Waals surface area contributed by atoms with Gasteiger partial charge in [0.25, 0.3) is 10.0 Å². The maximum atomic E-state index is 13.7. The fourth-order valence-electron chi connectivity index (χ4n) is 5.31. The van der Waals surface area contributed by atoms with Crippen LogP contribution in [0.2, 0.25) is 0 Å². The third kappa shape index (κ3) is 6.14. The van der Waals surface area contributed by atoms with E-state index in [1.54, 1.807) is 24.3 Å². The Hall–Kier alpha value is -1.48. The molecular formula is C28H37NO4S3. The average Bonchev–Trinajstić information content (AvgIpc) is 3.16.